The maximum Gasteiger partial charge on any atom is 0.249 e. The van der Waals surface area contributed by atoms with Crippen molar-refractivity contribution in [2.45, 2.75) is 39.3 Å². The van der Waals surface area contributed by atoms with Crippen molar-refractivity contribution in [2.75, 3.05) is 13.2 Å². The predicted octanol–water partition coefficient (Wildman–Crippen LogP) is 3.26. The van der Waals surface area contributed by atoms with Crippen LogP contribution in [0.5, 0.6) is 0 Å². The summed E-state index contributed by atoms with van der Waals surface area (Å²) in [6, 6.07) is 7.80. The zero-order chi connectivity index (χ0) is 20.4. The van der Waals surface area contributed by atoms with Crippen LogP contribution >= 0.6 is 0 Å². The summed E-state index contributed by atoms with van der Waals surface area (Å²) in [6.07, 6.45) is 2.15. The largest absolute Gasteiger partial charge is 0.416 e. The van der Waals surface area contributed by atoms with E-state index in [2.05, 4.69) is 15.5 Å². The molecule has 29 heavy (non-hydrogen) atoms. The molecule has 0 saturated carbocycles. The fourth-order valence-corrected chi connectivity index (χ4v) is 3.53. The number of aromatic nitrogens is 3. The van der Waals surface area contributed by atoms with E-state index in [1.807, 2.05) is 24.5 Å². The number of carbonyl (C=O) groups excluding carboxylic acids is 1. The highest BCUT2D eigenvalue weighted by molar-refractivity contribution is 5.76. The smallest absolute Gasteiger partial charge is 0.249 e. The molecule has 1 fully saturated rings. The third-order valence-corrected chi connectivity index (χ3v) is 5.17. The maximum absolute atomic E-state index is 13.1. The van der Waals surface area contributed by atoms with E-state index >= 15 is 0 Å². The number of benzene rings is 1. The third-order valence-electron chi connectivity index (χ3n) is 5.17. The van der Waals surface area contributed by atoms with E-state index in [4.69, 9.17) is 9.15 Å². The zero-order valence-electron chi connectivity index (χ0n) is 16.4. The molecule has 152 valence electrons. The summed E-state index contributed by atoms with van der Waals surface area (Å²) in [5, 5.41) is 11.1. The molecule has 0 radical (unpaired) electrons. The molecule has 8 heteroatoms. The minimum Gasteiger partial charge on any atom is -0.416 e. The van der Waals surface area contributed by atoms with Gasteiger partial charge in [0.1, 0.15) is 12.4 Å². The molecule has 3 aromatic rings. The van der Waals surface area contributed by atoms with Gasteiger partial charge in [-0.25, -0.2) is 4.39 Å². The Morgan fingerprint density at radius 3 is 2.72 bits per heavy atom. The van der Waals surface area contributed by atoms with E-state index in [0.717, 1.165) is 36.4 Å². The summed E-state index contributed by atoms with van der Waals surface area (Å²) in [7, 11) is 0. The molecule has 0 bridgehead atoms. The zero-order valence-corrected chi connectivity index (χ0v) is 16.4. The molecule has 2 aromatic heterocycles. The monoisotopic (exact) mass is 398 g/mol. The molecule has 1 aliphatic rings. The van der Waals surface area contributed by atoms with Crippen molar-refractivity contribution in [2.24, 2.45) is 0 Å². The minimum atomic E-state index is -0.324. The topological polar surface area (TPSA) is 82.2 Å². The van der Waals surface area contributed by atoms with Crippen molar-refractivity contribution in [1.82, 2.24) is 20.1 Å². The van der Waals surface area contributed by atoms with Crippen LogP contribution in [0.4, 0.5) is 4.39 Å². The van der Waals surface area contributed by atoms with Crippen molar-refractivity contribution >= 4 is 5.91 Å². The van der Waals surface area contributed by atoms with Crippen molar-refractivity contribution in [3.63, 3.8) is 0 Å². The summed E-state index contributed by atoms with van der Waals surface area (Å²) in [5.41, 5.74) is 3.21. The van der Waals surface area contributed by atoms with Gasteiger partial charge in [-0.05, 0) is 57.0 Å². The molecule has 4 rings (SSSR count). The van der Waals surface area contributed by atoms with E-state index in [0.29, 0.717) is 23.9 Å². The molecule has 1 atom stereocenters. The lowest BCUT2D eigenvalue weighted by Gasteiger charge is -2.13. The number of carbonyl (C=O) groups is 1. The Bertz CT molecular complexity index is 1000. The maximum atomic E-state index is 13.1. The minimum absolute atomic E-state index is 0.0635. The Hall–Kier alpha value is -3.00. The first kappa shape index (κ1) is 19.3. The van der Waals surface area contributed by atoms with E-state index in [-0.39, 0.29) is 24.4 Å². The van der Waals surface area contributed by atoms with Crippen LogP contribution in [0.15, 0.2) is 34.7 Å². The Kier molecular flexibility index (Phi) is 5.44. The fraction of sp³-hybridized carbons (Fsp3) is 0.381. The molecule has 1 aliphatic heterocycles. The van der Waals surface area contributed by atoms with E-state index < -0.39 is 0 Å². The van der Waals surface area contributed by atoms with Crippen LogP contribution in [0.25, 0.3) is 22.9 Å². The summed E-state index contributed by atoms with van der Waals surface area (Å²) in [4.78, 5) is 12.4. The first-order valence-electron chi connectivity index (χ1n) is 9.66. The van der Waals surface area contributed by atoms with Gasteiger partial charge < -0.3 is 19.0 Å². The van der Waals surface area contributed by atoms with Crippen molar-refractivity contribution < 1.29 is 18.3 Å². The second kappa shape index (κ2) is 8.16. The SMILES string of the molecule is Cc1cc(-c2nnc(-c3ccc(F)cc3)o2)c(C)n1CC(=O)NC[C@H]1CCCO1. The number of hydrogen-bond acceptors (Lipinski definition) is 5. The lowest BCUT2D eigenvalue weighted by Crippen LogP contribution is -2.34. The molecule has 1 saturated heterocycles. The van der Waals surface area contributed by atoms with Gasteiger partial charge in [-0.15, -0.1) is 10.2 Å². The summed E-state index contributed by atoms with van der Waals surface area (Å²) >= 11 is 0. The first-order chi connectivity index (χ1) is 14.0. The lowest BCUT2D eigenvalue weighted by atomic mass is 10.2. The van der Waals surface area contributed by atoms with Gasteiger partial charge in [0.15, 0.2) is 0 Å². The Labute approximate surface area is 167 Å². The van der Waals surface area contributed by atoms with Crippen LogP contribution < -0.4 is 5.32 Å². The van der Waals surface area contributed by atoms with Gasteiger partial charge >= 0.3 is 0 Å². The second-order valence-electron chi connectivity index (χ2n) is 7.23. The third kappa shape index (κ3) is 4.22. The molecular formula is C21H23FN4O3. The van der Waals surface area contributed by atoms with E-state index in [1.165, 1.54) is 12.1 Å². The standard InChI is InChI=1S/C21H23FN4O3/c1-13-10-18(21-25-24-20(29-21)15-5-7-16(22)8-6-15)14(2)26(13)12-19(27)23-11-17-4-3-9-28-17/h5-8,10,17H,3-4,9,11-12H2,1-2H3,(H,23,27)/t17-/m1/s1. The average molecular weight is 398 g/mol. The Balaban J connectivity index is 1.48. The van der Waals surface area contributed by atoms with Gasteiger partial charge in [0.2, 0.25) is 17.7 Å². The van der Waals surface area contributed by atoms with Gasteiger partial charge in [0.25, 0.3) is 0 Å². The highest BCUT2D eigenvalue weighted by Crippen LogP contribution is 2.28. The average Bonchev–Trinajstić information content (AvgIpc) is 3.44. The van der Waals surface area contributed by atoms with Crippen molar-refractivity contribution in [3.8, 4) is 22.9 Å². The number of rotatable bonds is 6. The summed E-state index contributed by atoms with van der Waals surface area (Å²) in [6.45, 7) is 5.36. The molecule has 1 N–H and O–H groups in total. The lowest BCUT2D eigenvalue weighted by molar-refractivity contribution is -0.122. The van der Waals surface area contributed by atoms with Crippen LogP contribution in [0, 0.1) is 19.7 Å². The van der Waals surface area contributed by atoms with Crippen LogP contribution in [-0.2, 0) is 16.1 Å². The number of halogens is 1. The second-order valence-corrected chi connectivity index (χ2v) is 7.23. The van der Waals surface area contributed by atoms with Crippen LogP contribution in [0.3, 0.4) is 0 Å². The molecule has 0 spiro atoms. The molecule has 3 heterocycles. The molecule has 0 unspecified atom stereocenters. The molecule has 7 nitrogen and oxygen atoms in total. The predicted molar refractivity (Wildman–Crippen MR) is 105 cm³/mol. The number of ether oxygens (including phenoxy) is 1. The number of aryl methyl sites for hydroxylation is 1. The summed E-state index contributed by atoms with van der Waals surface area (Å²) < 4.78 is 26.4. The van der Waals surface area contributed by atoms with Crippen LogP contribution in [-0.4, -0.2) is 39.9 Å². The quantitative estimate of drug-likeness (QED) is 0.689. The number of nitrogens with one attached hydrogen (secondary N) is 1. The number of hydrogen-bond donors (Lipinski definition) is 1. The highest BCUT2D eigenvalue weighted by Gasteiger charge is 2.20. The van der Waals surface area contributed by atoms with Crippen LogP contribution in [0.2, 0.25) is 0 Å². The van der Waals surface area contributed by atoms with E-state index in [9.17, 15) is 9.18 Å². The molecule has 1 aromatic carbocycles. The normalized spacial score (nSPS) is 16.3. The fourth-order valence-electron chi connectivity index (χ4n) is 3.53. The number of amides is 1. The van der Waals surface area contributed by atoms with Gasteiger partial charge in [-0.2, -0.15) is 0 Å². The van der Waals surface area contributed by atoms with Gasteiger partial charge in [-0.3, -0.25) is 4.79 Å². The Morgan fingerprint density at radius 1 is 1.24 bits per heavy atom. The number of nitrogens with zero attached hydrogens (tertiary/aromatic N) is 3. The first-order valence-corrected chi connectivity index (χ1v) is 9.66. The van der Waals surface area contributed by atoms with Crippen molar-refractivity contribution in [3.05, 3.63) is 47.5 Å². The van der Waals surface area contributed by atoms with Crippen LogP contribution in [0.1, 0.15) is 24.2 Å². The van der Waals surface area contributed by atoms with Gasteiger partial charge in [0.05, 0.1) is 11.7 Å². The molecular weight excluding hydrogens is 375 g/mol. The summed E-state index contributed by atoms with van der Waals surface area (Å²) in [5.74, 6) is 0.295. The molecule has 1 amide bonds. The van der Waals surface area contributed by atoms with Gasteiger partial charge in [0, 0.05) is 30.1 Å². The van der Waals surface area contributed by atoms with Crippen molar-refractivity contribution in [1.29, 1.82) is 0 Å². The van der Waals surface area contributed by atoms with Gasteiger partial charge in [-0.1, -0.05) is 0 Å². The van der Waals surface area contributed by atoms with E-state index in [1.54, 1.807) is 12.1 Å². The molecule has 0 aliphatic carbocycles. The Morgan fingerprint density at radius 2 is 2.00 bits per heavy atom. The highest BCUT2D eigenvalue weighted by atomic mass is 19.1.